The zero-order valence-electron chi connectivity index (χ0n) is 39.3. The van der Waals surface area contributed by atoms with Gasteiger partial charge in [0.15, 0.2) is 0 Å². The van der Waals surface area contributed by atoms with Gasteiger partial charge < -0.3 is 20.3 Å². The van der Waals surface area contributed by atoms with E-state index in [0.29, 0.717) is 25.9 Å². The molecular weight excluding hydrogens is 719 g/mol. The van der Waals surface area contributed by atoms with Crippen molar-refractivity contribution >= 4 is 11.9 Å². The van der Waals surface area contributed by atoms with E-state index in [4.69, 9.17) is 4.74 Å². The molecule has 0 aromatic carbocycles. The molecule has 0 saturated heterocycles. The molecule has 0 aliphatic heterocycles. The fourth-order valence-corrected chi connectivity index (χ4v) is 8.35. The van der Waals surface area contributed by atoms with Crippen molar-refractivity contribution in [3.8, 4) is 0 Å². The lowest BCUT2D eigenvalue weighted by Crippen LogP contribution is -2.45. The first-order valence-electron chi connectivity index (χ1n) is 26.3. The van der Waals surface area contributed by atoms with Crippen LogP contribution in [0.4, 0.5) is 0 Å². The third kappa shape index (κ3) is 44.4. The molecular formula is C52H103NO5. The number of hydrogen-bond acceptors (Lipinski definition) is 5. The minimum Gasteiger partial charge on any atom is -0.466 e. The van der Waals surface area contributed by atoms with Crippen molar-refractivity contribution in [2.75, 3.05) is 13.2 Å². The van der Waals surface area contributed by atoms with E-state index in [1.165, 1.54) is 212 Å². The number of amides is 1. The van der Waals surface area contributed by atoms with Crippen molar-refractivity contribution in [3.63, 3.8) is 0 Å². The number of rotatable bonds is 49. The highest BCUT2D eigenvalue weighted by Crippen LogP contribution is 2.17. The fourth-order valence-electron chi connectivity index (χ4n) is 8.35. The number of hydrogen-bond donors (Lipinski definition) is 3. The minimum atomic E-state index is -0.668. The predicted molar refractivity (Wildman–Crippen MR) is 250 cm³/mol. The van der Waals surface area contributed by atoms with Crippen molar-refractivity contribution in [1.82, 2.24) is 5.32 Å². The lowest BCUT2D eigenvalue weighted by atomic mass is 10.0. The summed E-state index contributed by atoms with van der Waals surface area (Å²) in [6, 6.07) is -0.547. The van der Waals surface area contributed by atoms with Gasteiger partial charge in [0, 0.05) is 12.8 Å². The van der Waals surface area contributed by atoms with E-state index < -0.39 is 12.1 Å². The van der Waals surface area contributed by atoms with Crippen molar-refractivity contribution in [2.24, 2.45) is 0 Å². The maximum absolute atomic E-state index is 12.4. The monoisotopic (exact) mass is 822 g/mol. The lowest BCUT2D eigenvalue weighted by Gasteiger charge is -2.22. The standard InChI is InChI=1S/C52H103NO5/c1-3-5-7-9-11-13-15-17-22-26-30-34-38-42-46-52(57)58-47-43-39-35-31-27-23-19-18-21-25-29-33-37-41-45-51(56)53-49(48-54)50(55)44-40-36-32-28-24-20-16-14-12-10-8-6-4-2/h49-50,54-55H,3-48H2,1-2H3,(H,53,56). The van der Waals surface area contributed by atoms with Crippen molar-refractivity contribution in [3.05, 3.63) is 0 Å². The Morgan fingerprint density at radius 3 is 1.05 bits per heavy atom. The van der Waals surface area contributed by atoms with Gasteiger partial charge in [0.25, 0.3) is 0 Å². The number of ether oxygens (including phenoxy) is 1. The number of aliphatic hydroxyl groups excluding tert-OH is 2. The van der Waals surface area contributed by atoms with Crippen LogP contribution in [0.1, 0.15) is 296 Å². The van der Waals surface area contributed by atoms with Crippen molar-refractivity contribution < 1.29 is 24.5 Å². The lowest BCUT2D eigenvalue weighted by molar-refractivity contribution is -0.143. The largest absolute Gasteiger partial charge is 0.466 e. The average Bonchev–Trinajstić information content (AvgIpc) is 3.22. The second-order valence-corrected chi connectivity index (χ2v) is 18.2. The van der Waals surface area contributed by atoms with Gasteiger partial charge in [0.2, 0.25) is 5.91 Å². The summed E-state index contributed by atoms with van der Waals surface area (Å²) >= 11 is 0. The van der Waals surface area contributed by atoms with Gasteiger partial charge in [-0.2, -0.15) is 0 Å². The van der Waals surface area contributed by atoms with Crippen LogP contribution in [0.2, 0.25) is 0 Å². The molecule has 3 N–H and O–H groups in total. The van der Waals surface area contributed by atoms with E-state index in [1.807, 2.05) is 0 Å². The molecule has 0 aromatic rings. The second-order valence-electron chi connectivity index (χ2n) is 18.2. The topological polar surface area (TPSA) is 95.9 Å². The first kappa shape index (κ1) is 56.9. The Labute approximate surface area is 362 Å². The number of nitrogens with one attached hydrogen (secondary N) is 1. The maximum atomic E-state index is 12.4. The smallest absolute Gasteiger partial charge is 0.305 e. The molecule has 0 rings (SSSR count). The van der Waals surface area contributed by atoms with Crippen LogP contribution < -0.4 is 5.32 Å². The molecule has 1 amide bonds. The number of carbonyl (C=O) groups excluding carboxylic acids is 2. The summed E-state index contributed by atoms with van der Waals surface area (Å²) in [4.78, 5) is 24.5. The zero-order valence-corrected chi connectivity index (χ0v) is 39.3. The zero-order chi connectivity index (χ0) is 42.3. The van der Waals surface area contributed by atoms with Crippen LogP contribution in [0, 0.1) is 0 Å². The van der Waals surface area contributed by atoms with Gasteiger partial charge in [-0.25, -0.2) is 0 Å². The highest BCUT2D eigenvalue weighted by molar-refractivity contribution is 5.76. The molecule has 0 aliphatic rings. The Balaban J connectivity index is 3.42. The molecule has 0 saturated carbocycles. The highest BCUT2D eigenvalue weighted by Gasteiger charge is 2.20. The van der Waals surface area contributed by atoms with Gasteiger partial charge in [0.1, 0.15) is 0 Å². The quantitative estimate of drug-likeness (QED) is 0.0420. The van der Waals surface area contributed by atoms with E-state index in [0.717, 1.165) is 51.4 Å². The van der Waals surface area contributed by atoms with E-state index >= 15 is 0 Å². The molecule has 0 bridgehead atoms. The van der Waals surface area contributed by atoms with Crippen LogP contribution in [0.3, 0.4) is 0 Å². The van der Waals surface area contributed by atoms with E-state index in [2.05, 4.69) is 19.2 Å². The van der Waals surface area contributed by atoms with Crippen LogP contribution in [-0.4, -0.2) is 47.4 Å². The van der Waals surface area contributed by atoms with Crippen LogP contribution in [0.15, 0.2) is 0 Å². The minimum absolute atomic E-state index is 0.000639. The van der Waals surface area contributed by atoms with Crippen LogP contribution in [0.5, 0.6) is 0 Å². The molecule has 0 aromatic heterocycles. The number of unbranched alkanes of at least 4 members (excludes halogenated alkanes) is 38. The summed E-state index contributed by atoms with van der Waals surface area (Å²) < 4.78 is 5.47. The molecule has 2 atom stereocenters. The molecule has 2 unspecified atom stereocenters. The summed E-state index contributed by atoms with van der Waals surface area (Å²) in [6.45, 7) is 4.94. The second kappa shape index (κ2) is 48.5. The Hall–Kier alpha value is -1.14. The summed E-state index contributed by atoms with van der Waals surface area (Å²) in [6.07, 6.45) is 53.5. The van der Waals surface area contributed by atoms with Gasteiger partial charge in [-0.05, 0) is 25.7 Å². The van der Waals surface area contributed by atoms with E-state index in [1.54, 1.807) is 0 Å². The van der Waals surface area contributed by atoms with Gasteiger partial charge in [0.05, 0.1) is 25.4 Å². The fraction of sp³-hybridized carbons (Fsp3) is 0.962. The van der Waals surface area contributed by atoms with E-state index in [9.17, 15) is 19.8 Å². The summed E-state index contributed by atoms with van der Waals surface area (Å²) in [5.74, 6) is -0.0434. The summed E-state index contributed by atoms with van der Waals surface area (Å²) in [5, 5.41) is 23.2. The number of esters is 1. The normalized spacial score (nSPS) is 12.6. The summed E-state index contributed by atoms with van der Waals surface area (Å²) in [5.41, 5.74) is 0. The first-order chi connectivity index (χ1) is 28.5. The first-order valence-corrected chi connectivity index (χ1v) is 26.3. The average molecular weight is 822 g/mol. The highest BCUT2D eigenvalue weighted by atomic mass is 16.5. The molecule has 0 aliphatic carbocycles. The van der Waals surface area contributed by atoms with E-state index in [-0.39, 0.29) is 18.5 Å². The van der Waals surface area contributed by atoms with Crippen LogP contribution >= 0.6 is 0 Å². The van der Waals surface area contributed by atoms with Gasteiger partial charge in [-0.1, -0.05) is 258 Å². The molecule has 58 heavy (non-hydrogen) atoms. The number of aliphatic hydroxyl groups is 2. The maximum Gasteiger partial charge on any atom is 0.305 e. The molecule has 0 spiro atoms. The van der Waals surface area contributed by atoms with Gasteiger partial charge in [-0.3, -0.25) is 9.59 Å². The predicted octanol–water partition coefficient (Wildman–Crippen LogP) is 15.6. The van der Waals surface area contributed by atoms with Gasteiger partial charge >= 0.3 is 5.97 Å². The SMILES string of the molecule is CCCCCCCCCCCCCCCCC(=O)OCCCCCCCCCCCCCCCCC(=O)NC(CO)C(O)CCCCCCCCCCCCCCC. The van der Waals surface area contributed by atoms with Crippen LogP contribution in [0.25, 0.3) is 0 Å². The molecule has 6 heteroatoms. The molecule has 0 fully saturated rings. The Kier molecular flexibility index (Phi) is 47.6. The van der Waals surface area contributed by atoms with Crippen LogP contribution in [-0.2, 0) is 14.3 Å². The Bertz CT molecular complexity index is 822. The molecule has 6 nitrogen and oxygen atoms in total. The third-order valence-electron chi connectivity index (χ3n) is 12.4. The Morgan fingerprint density at radius 1 is 0.414 bits per heavy atom. The van der Waals surface area contributed by atoms with Gasteiger partial charge in [-0.15, -0.1) is 0 Å². The Morgan fingerprint density at radius 2 is 0.707 bits per heavy atom. The molecule has 346 valence electrons. The number of carbonyl (C=O) groups is 2. The molecule has 0 radical (unpaired) electrons. The third-order valence-corrected chi connectivity index (χ3v) is 12.4. The van der Waals surface area contributed by atoms with Crippen molar-refractivity contribution in [1.29, 1.82) is 0 Å². The molecule has 0 heterocycles. The van der Waals surface area contributed by atoms with Crippen molar-refractivity contribution in [2.45, 2.75) is 309 Å². The summed E-state index contributed by atoms with van der Waals surface area (Å²) in [7, 11) is 0.